The van der Waals surface area contributed by atoms with E-state index in [1.54, 1.807) is 7.11 Å². The molecule has 5 N–H and O–H groups in total. The molecule has 4 rings (SSSR count). The average molecular weight is 476 g/mol. The van der Waals surface area contributed by atoms with Crippen LogP contribution >= 0.6 is 0 Å². The fourth-order valence-corrected chi connectivity index (χ4v) is 4.20. The first-order valence-electron chi connectivity index (χ1n) is 11.0. The molecule has 1 saturated heterocycles. The second-order valence-electron chi connectivity index (χ2n) is 8.41. The first-order chi connectivity index (χ1) is 16.3. The number of carbonyl (C=O) groups is 1. The molecule has 0 unspecified atom stereocenters. The van der Waals surface area contributed by atoms with Crippen LogP contribution in [-0.2, 0) is 22.3 Å². The lowest BCUT2D eigenvalue weighted by Crippen LogP contribution is -2.60. The maximum atomic E-state index is 12.5. The van der Waals surface area contributed by atoms with Gasteiger partial charge in [0.05, 0.1) is 13.7 Å². The van der Waals surface area contributed by atoms with Gasteiger partial charge in [-0.15, -0.1) is 0 Å². The Bertz CT molecular complexity index is 1010. The van der Waals surface area contributed by atoms with Gasteiger partial charge in [0.15, 0.2) is 0 Å². The molecule has 0 spiro atoms. The number of benzene rings is 2. The van der Waals surface area contributed by atoms with E-state index in [-0.39, 0.29) is 17.1 Å². The minimum absolute atomic E-state index is 0.0434. The third-order valence-electron chi connectivity index (χ3n) is 6.11. The smallest absolute Gasteiger partial charge is 0.342 e. The van der Waals surface area contributed by atoms with Gasteiger partial charge in [0.25, 0.3) is 0 Å². The summed E-state index contributed by atoms with van der Waals surface area (Å²) in [7, 11) is 1.60. The number of aryl methyl sites for hydroxylation is 1. The number of carbonyl (C=O) groups excluding carboxylic acids is 1. The Hall–Kier alpha value is -2.89. The zero-order valence-corrected chi connectivity index (χ0v) is 18.5. The number of esters is 1. The molecular weight excluding hydrogens is 448 g/mol. The summed E-state index contributed by atoms with van der Waals surface area (Å²) in [4.78, 5) is 12.5. The van der Waals surface area contributed by atoms with E-state index in [0.717, 1.165) is 11.3 Å². The lowest BCUT2D eigenvalue weighted by molar-refractivity contribution is -0.277. The maximum absolute atomic E-state index is 12.5. The molecule has 184 valence electrons. The van der Waals surface area contributed by atoms with Crippen molar-refractivity contribution in [3.63, 3.8) is 0 Å². The van der Waals surface area contributed by atoms with Crippen molar-refractivity contribution in [1.82, 2.24) is 0 Å². The highest BCUT2D eigenvalue weighted by Crippen LogP contribution is 2.35. The van der Waals surface area contributed by atoms with E-state index in [4.69, 9.17) is 18.9 Å². The van der Waals surface area contributed by atoms with Crippen molar-refractivity contribution in [2.45, 2.75) is 56.1 Å². The van der Waals surface area contributed by atoms with Crippen molar-refractivity contribution < 1.29 is 49.3 Å². The van der Waals surface area contributed by atoms with Crippen LogP contribution in [0.15, 0.2) is 36.4 Å². The fraction of sp³-hybridized carbons (Fsp3) is 0.458. The molecule has 0 bridgehead atoms. The zero-order chi connectivity index (χ0) is 24.4. The number of phenols is 1. The van der Waals surface area contributed by atoms with E-state index in [0.29, 0.717) is 24.8 Å². The summed E-state index contributed by atoms with van der Waals surface area (Å²) in [6.07, 6.45) is -6.09. The molecule has 10 nitrogen and oxygen atoms in total. The highest BCUT2D eigenvalue weighted by Gasteiger charge is 2.45. The Morgan fingerprint density at radius 3 is 2.44 bits per heavy atom. The van der Waals surface area contributed by atoms with Crippen LogP contribution in [-0.4, -0.2) is 82.0 Å². The molecule has 2 aromatic rings. The van der Waals surface area contributed by atoms with Gasteiger partial charge in [0, 0.05) is 12.5 Å². The van der Waals surface area contributed by atoms with Crippen LogP contribution in [0.25, 0.3) is 0 Å². The molecular formula is C24H28O10. The van der Waals surface area contributed by atoms with E-state index >= 15 is 0 Å². The summed E-state index contributed by atoms with van der Waals surface area (Å²) in [5, 5.41) is 49.8. The Morgan fingerprint density at radius 2 is 1.76 bits per heavy atom. The largest absolute Gasteiger partial charge is 0.507 e. The van der Waals surface area contributed by atoms with Gasteiger partial charge in [-0.3, -0.25) is 0 Å². The highest BCUT2D eigenvalue weighted by molar-refractivity contribution is 5.95. The average Bonchev–Trinajstić information content (AvgIpc) is 2.83. The molecule has 6 atom stereocenters. The van der Waals surface area contributed by atoms with Crippen LogP contribution in [0.4, 0.5) is 0 Å². The molecule has 2 aliphatic heterocycles. The molecule has 0 aromatic heterocycles. The SMILES string of the molecule is COc1ccc(CC[C@@H]2Cc3cc(O[C@H]4O[C@H](CO)[C@@H](O)[C@H](O)[C@H]4O)cc(O)c3C(=O)O2)cc1. The van der Waals surface area contributed by atoms with Crippen LogP contribution in [0, 0.1) is 0 Å². The van der Waals surface area contributed by atoms with Crippen LogP contribution in [0.5, 0.6) is 17.2 Å². The van der Waals surface area contributed by atoms with Gasteiger partial charge < -0.3 is 44.5 Å². The minimum atomic E-state index is -1.60. The normalized spacial score (nSPS) is 28.7. The summed E-state index contributed by atoms with van der Waals surface area (Å²) in [5.41, 5.74) is 1.61. The van der Waals surface area contributed by atoms with Crippen molar-refractivity contribution in [1.29, 1.82) is 0 Å². The number of aliphatic hydroxyl groups is 4. The predicted molar refractivity (Wildman–Crippen MR) is 117 cm³/mol. The summed E-state index contributed by atoms with van der Waals surface area (Å²) in [6.45, 7) is -0.595. The second-order valence-corrected chi connectivity index (χ2v) is 8.41. The molecule has 10 heteroatoms. The number of hydrogen-bond acceptors (Lipinski definition) is 10. The van der Waals surface area contributed by atoms with Crippen molar-refractivity contribution in [3.8, 4) is 17.2 Å². The number of methoxy groups -OCH3 is 1. The topological polar surface area (TPSA) is 155 Å². The number of aliphatic hydroxyl groups excluding tert-OH is 4. The Balaban J connectivity index is 1.47. The summed E-state index contributed by atoms with van der Waals surface area (Å²) in [5.74, 6) is -0.151. The Morgan fingerprint density at radius 1 is 1.03 bits per heavy atom. The van der Waals surface area contributed by atoms with Crippen LogP contribution in [0.1, 0.15) is 27.9 Å². The van der Waals surface area contributed by atoms with Crippen molar-refractivity contribution >= 4 is 5.97 Å². The van der Waals surface area contributed by atoms with Gasteiger partial charge in [-0.1, -0.05) is 12.1 Å². The number of fused-ring (bicyclic) bond motifs is 1. The number of ether oxygens (including phenoxy) is 4. The Kier molecular flexibility index (Phi) is 7.24. The first-order valence-corrected chi connectivity index (χ1v) is 11.0. The molecule has 2 aliphatic rings. The van der Waals surface area contributed by atoms with E-state index in [1.807, 2.05) is 24.3 Å². The molecule has 0 amide bonds. The first kappa shape index (κ1) is 24.2. The van der Waals surface area contributed by atoms with E-state index in [1.165, 1.54) is 12.1 Å². The van der Waals surface area contributed by atoms with Gasteiger partial charge in [-0.2, -0.15) is 0 Å². The number of cyclic esters (lactones) is 1. The van der Waals surface area contributed by atoms with Crippen LogP contribution in [0.3, 0.4) is 0 Å². The Labute approximate surface area is 195 Å². The van der Waals surface area contributed by atoms with Crippen molar-refractivity contribution in [2.24, 2.45) is 0 Å². The molecule has 2 heterocycles. The fourth-order valence-electron chi connectivity index (χ4n) is 4.20. The molecule has 0 saturated carbocycles. The highest BCUT2D eigenvalue weighted by atomic mass is 16.7. The molecule has 34 heavy (non-hydrogen) atoms. The van der Waals surface area contributed by atoms with Gasteiger partial charge in [-0.25, -0.2) is 4.79 Å². The monoisotopic (exact) mass is 476 g/mol. The summed E-state index contributed by atoms with van der Waals surface area (Å²) < 4.78 is 21.6. The third-order valence-corrected chi connectivity index (χ3v) is 6.11. The van der Waals surface area contributed by atoms with E-state index in [2.05, 4.69) is 0 Å². The zero-order valence-electron chi connectivity index (χ0n) is 18.5. The number of rotatable bonds is 7. The molecule has 0 aliphatic carbocycles. The lowest BCUT2D eigenvalue weighted by atomic mass is 9.94. The van der Waals surface area contributed by atoms with Crippen LogP contribution < -0.4 is 9.47 Å². The van der Waals surface area contributed by atoms with Gasteiger partial charge >= 0.3 is 5.97 Å². The summed E-state index contributed by atoms with van der Waals surface area (Å²) in [6, 6.07) is 10.3. The van der Waals surface area contributed by atoms with Crippen molar-refractivity contribution in [2.75, 3.05) is 13.7 Å². The minimum Gasteiger partial charge on any atom is -0.507 e. The van der Waals surface area contributed by atoms with Gasteiger partial charge in [-0.05, 0) is 42.2 Å². The van der Waals surface area contributed by atoms with E-state index in [9.17, 15) is 30.3 Å². The molecule has 1 fully saturated rings. The second kappa shape index (κ2) is 10.2. The quantitative estimate of drug-likeness (QED) is 0.352. The summed E-state index contributed by atoms with van der Waals surface area (Å²) >= 11 is 0. The van der Waals surface area contributed by atoms with Gasteiger partial charge in [0.2, 0.25) is 6.29 Å². The predicted octanol–water partition coefficient (Wildman–Crippen LogP) is 0.294. The standard InChI is InChI=1S/C24H28O10/c1-31-14-5-2-12(3-6-14)4-7-15-8-13-9-16(10-17(26)19(13)23(30)32-15)33-24-22(29)21(28)20(27)18(11-25)34-24/h2-3,5-6,9-10,15,18,20-22,24-29H,4,7-8,11H2,1H3/t15-,18-,20-,21+,22-,24+/m1/s1. The molecule has 2 aromatic carbocycles. The molecule has 0 radical (unpaired) electrons. The van der Waals surface area contributed by atoms with Gasteiger partial charge in [0.1, 0.15) is 53.3 Å². The number of phenolic OH excluding ortho intramolecular Hbond substituents is 1. The third kappa shape index (κ3) is 4.96. The number of hydrogen-bond donors (Lipinski definition) is 5. The lowest BCUT2D eigenvalue weighted by Gasteiger charge is -2.39. The van der Waals surface area contributed by atoms with E-state index < -0.39 is 49.4 Å². The number of aromatic hydroxyl groups is 1. The van der Waals surface area contributed by atoms with Crippen molar-refractivity contribution in [3.05, 3.63) is 53.1 Å². The van der Waals surface area contributed by atoms with Crippen LogP contribution in [0.2, 0.25) is 0 Å². The maximum Gasteiger partial charge on any atom is 0.342 e.